The van der Waals surface area contributed by atoms with Gasteiger partial charge in [0.2, 0.25) is 6.79 Å². The molecule has 11 heteroatoms. The molecule has 0 amide bonds. The Labute approximate surface area is 234 Å². The van der Waals surface area contributed by atoms with E-state index in [9.17, 15) is 9.59 Å². The molecule has 0 saturated heterocycles. The first-order valence-electron chi connectivity index (χ1n) is 12.6. The maximum absolute atomic E-state index is 13.2. The fraction of sp³-hybridized carbons (Fsp3) is 0.207. The van der Waals surface area contributed by atoms with Crippen molar-refractivity contribution in [2.45, 2.75) is 13.1 Å². The first-order valence-corrected chi connectivity index (χ1v) is 13.0. The highest BCUT2D eigenvalue weighted by atomic mass is 32.1. The van der Waals surface area contributed by atoms with Gasteiger partial charge in [0.1, 0.15) is 13.2 Å². The number of methoxy groups -OCH3 is 1. The summed E-state index contributed by atoms with van der Waals surface area (Å²) in [7, 11) is 1.32. The van der Waals surface area contributed by atoms with Crippen molar-refractivity contribution >= 4 is 39.9 Å². The fourth-order valence-corrected chi connectivity index (χ4v) is 4.88. The van der Waals surface area contributed by atoms with Crippen LogP contribution < -0.4 is 29.8 Å². The molecule has 10 nitrogen and oxygen atoms in total. The molecule has 0 radical (unpaired) electrons. The molecule has 40 heavy (non-hydrogen) atoms. The molecule has 3 heterocycles. The molecule has 0 unspecified atom stereocenters. The highest BCUT2D eigenvalue weighted by Crippen LogP contribution is 2.35. The van der Waals surface area contributed by atoms with Gasteiger partial charge in [0.25, 0.3) is 5.56 Å². The number of aromatic amines is 1. The normalized spacial score (nSPS) is 13.1. The molecule has 2 aliphatic heterocycles. The lowest BCUT2D eigenvalue weighted by molar-refractivity contribution is 0.0602. The van der Waals surface area contributed by atoms with E-state index in [0.717, 1.165) is 10.9 Å². The Morgan fingerprint density at radius 3 is 2.52 bits per heavy atom. The molecule has 2 aliphatic rings. The van der Waals surface area contributed by atoms with Gasteiger partial charge >= 0.3 is 5.97 Å². The number of rotatable bonds is 6. The molecule has 0 spiro atoms. The summed E-state index contributed by atoms with van der Waals surface area (Å²) in [5.41, 5.74) is 2.62. The maximum atomic E-state index is 13.2. The molecular weight excluding hydrogens is 534 g/mol. The van der Waals surface area contributed by atoms with Gasteiger partial charge in [-0.25, -0.2) is 4.79 Å². The summed E-state index contributed by atoms with van der Waals surface area (Å²) in [6, 6.07) is 18.0. The minimum atomic E-state index is -0.492. The number of hydrogen-bond donors (Lipinski definition) is 2. The number of nitrogens with zero attached hydrogens (tertiary/aromatic N) is 1. The second kappa shape index (κ2) is 10.8. The van der Waals surface area contributed by atoms with E-state index in [4.69, 9.17) is 35.9 Å². The van der Waals surface area contributed by atoms with Crippen LogP contribution in [0.5, 0.6) is 23.0 Å². The van der Waals surface area contributed by atoms with E-state index >= 15 is 0 Å². The number of carbonyl (C=O) groups is 1. The lowest BCUT2D eigenvalue weighted by Crippen LogP contribution is -2.36. The number of aromatic nitrogens is 1. The van der Waals surface area contributed by atoms with Crippen LogP contribution in [0.25, 0.3) is 10.9 Å². The van der Waals surface area contributed by atoms with Gasteiger partial charge in [-0.3, -0.25) is 4.79 Å². The van der Waals surface area contributed by atoms with Gasteiger partial charge in [-0.15, -0.1) is 0 Å². The Balaban J connectivity index is 1.34. The highest BCUT2D eigenvalue weighted by molar-refractivity contribution is 7.80. The second-order valence-electron chi connectivity index (χ2n) is 9.22. The van der Waals surface area contributed by atoms with Crippen LogP contribution >= 0.6 is 12.2 Å². The topological polar surface area (TPSA) is 111 Å². The molecule has 0 atom stereocenters. The van der Waals surface area contributed by atoms with E-state index in [2.05, 4.69) is 10.3 Å². The fourth-order valence-electron chi connectivity index (χ4n) is 4.64. The van der Waals surface area contributed by atoms with Crippen LogP contribution in [-0.2, 0) is 17.8 Å². The van der Waals surface area contributed by atoms with Crippen molar-refractivity contribution in [3.8, 4) is 23.0 Å². The smallest absolute Gasteiger partial charge is 0.339 e. The van der Waals surface area contributed by atoms with Gasteiger partial charge in [0.15, 0.2) is 28.1 Å². The largest absolute Gasteiger partial charge is 0.486 e. The Kier molecular flexibility index (Phi) is 6.87. The molecule has 0 bridgehead atoms. The van der Waals surface area contributed by atoms with Crippen molar-refractivity contribution in [1.82, 2.24) is 9.88 Å². The van der Waals surface area contributed by atoms with E-state index in [-0.39, 0.29) is 18.9 Å². The average molecular weight is 560 g/mol. The van der Waals surface area contributed by atoms with Crippen molar-refractivity contribution in [3.05, 3.63) is 87.7 Å². The minimum absolute atomic E-state index is 0.164. The summed E-state index contributed by atoms with van der Waals surface area (Å²) in [6.07, 6.45) is 0. The number of anilines is 1. The van der Waals surface area contributed by atoms with Crippen molar-refractivity contribution in [2.24, 2.45) is 0 Å². The minimum Gasteiger partial charge on any atom is -0.486 e. The SMILES string of the molecule is COC(=O)c1ccccc1NC(=S)N(Cc1ccc2c(c1)OCO2)Cc1cc2cc3c(cc2[nH]c1=O)OCCO3. The van der Waals surface area contributed by atoms with E-state index in [1.807, 2.05) is 35.2 Å². The van der Waals surface area contributed by atoms with Crippen molar-refractivity contribution in [3.63, 3.8) is 0 Å². The van der Waals surface area contributed by atoms with Crippen molar-refractivity contribution in [2.75, 3.05) is 32.4 Å². The summed E-state index contributed by atoms with van der Waals surface area (Å²) in [4.78, 5) is 30.3. The van der Waals surface area contributed by atoms with Crippen molar-refractivity contribution < 1.29 is 28.5 Å². The van der Waals surface area contributed by atoms with E-state index < -0.39 is 5.97 Å². The van der Waals surface area contributed by atoms with Crippen LogP contribution in [0, 0.1) is 0 Å². The molecule has 6 rings (SSSR count). The molecule has 0 aliphatic carbocycles. The monoisotopic (exact) mass is 559 g/mol. The number of nitrogens with one attached hydrogen (secondary N) is 2. The van der Waals surface area contributed by atoms with Crippen LogP contribution in [0.2, 0.25) is 0 Å². The summed E-state index contributed by atoms with van der Waals surface area (Å²) in [5, 5.41) is 4.29. The highest BCUT2D eigenvalue weighted by Gasteiger charge is 2.20. The van der Waals surface area contributed by atoms with Gasteiger partial charge in [0, 0.05) is 23.6 Å². The number of carbonyl (C=O) groups excluding carboxylic acids is 1. The second-order valence-corrected chi connectivity index (χ2v) is 9.60. The Morgan fingerprint density at radius 1 is 0.950 bits per heavy atom. The molecule has 204 valence electrons. The standard InChI is InChI=1S/C29H25N3O7S/c1-35-28(34)20-4-2-3-5-21(20)31-29(40)32(14-17-6-7-23-24(10-17)39-16-38-23)15-19-11-18-12-25-26(37-9-8-36-25)13-22(18)30-27(19)33/h2-7,10-13H,8-9,14-16H2,1H3,(H,30,33)(H,31,40). The Morgan fingerprint density at radius 2 is 1.70 bits per heavy atom. The van der Waals surface area contributed by atoms with Crippen molar-refractivity contribution in [1.29, 1.82) is 0 Å². The zero-order valence-electron chi connectivity index (χ0n) is 21.5. The zero-order valence-corrected chi connectivity index (χ0v) is 22.3. The van der Waals surface area contributed by atoms with Crippen LogP contribution in [-0.4, -0.2) is 48.1 Å². The predicted octanol–water partition coefficient (Wildman–Crippen LogP) is 4.21. The van der Waals surface area contributed by atoms with Crippen LogP contribution in [0.4, 0.5) is 5.69 Å². The summed E-state index contributed by atoms with van der Waals surface area (Å²) in [6.45, 7) is 1.61. The average Bonchev–Trinajstić information content (AvgIpc) is 3.44. The number of thiocarbonyl (C=S) groups is 1. The van der Waals surface area contributed by atoms with Gasteiger partial charge in [-0.2, -0.15) is 0 Å². The quantitative estimate of drug-likeness (QED) is 0.263. The Bertz CT molecular complexity index is 1690. The van der Waals surface area contributed by atoms with Gasteiger partial charge in [-0.1, -0.05) is 18.2 Å². The Hall–Kier alpha value is -4.77. The maximum Gasteiger partial charge on any atom is 0.339 e. The van der Waals surface area contributed by atoms with Gasteiger partial charge < -0.3 is 38.9 Å². The third kappa shape index (κ3) is 5.10. The van der Waals surface area contributed by atoms with Gasteiger partial charge in [0.05, 0.1) is 30.4 Å². The lowest BCUT2D eigenvalue weighted by Gasteiger charge is -2.27. The lowest BCUT2D eigenvalue weighted by atomic mass is 10.1. The molecule has 4 aromatic rings. The molecule has 2 N–H and O–H groups in total. The molecule has 3 aromatic carbocycles. The number of esters is 1. The first-order chi connectivity index (χ1) is 19.5. The number of para-hydroxylation sites is 1. The summed E-state index contributed by atoms with van der Waals surface area (Å²) >= 11 is 5.81. The van der Waals surface area contributed by atoms with Crippen LogP contribution in [0.1, 0.15) is 21.5 Å². The number of ether oxygens (including phenoxy) is 5. The van der Waals surface area contributed by atoms with Crippen LogP contribution in [0.15, 0.2) is 65.5 Å². The zero-order chi connectivity index (χ0) is 27.6. The van der Waals surface area contributed by atoms with E-state index in [1.54, 1.807) is 30.3 Å². The number of hydrogen-bond acceptors (Lipinski definition) is 8. The number of fused-ring (bicyclic) bond motifs is 3. The summed E-state index contributed by atoms with van der Waals surface area (Å²) in [5.74, 6) is 2.05. The van der Waals surface area contributed by atoms with Gasteiger partial charge in [-0.05, 0) is 54.2 Å². The third-order valence-corrected chi connectivity index (χ3v) is 6.98. The number of H-pyrrole nitrogens is 1. The molecule has 0 saturated carbocycles. The van der Waals surface area contributed by atoms with E-state index in [0.29, 0.717) is 70.2 Å². The molecule has 1 aromatic heterocycles. The molecule has 0 fully saturated rings. The third-order valence-electron chi connectivity index (χ3n) is 6.62. The number of pyridine rings is 1. The van der Waals surface area contributed by atoms with E-state index in [1.165, 1.54) is 7.11 Å². The number of benzene rings is 3. The van der Waals surface area contributed by atoms with Crippen LogP contribution in [0.3, 0.4) is 0 Å². The predicted molar refractivity (Wildman–Crippen MR) is 151 cm³/mol. The molecular formula is C29H25N3O7S. The first kappa shape index (κ1) is 25.5. The summed E-state index contributed by atoms with van der Waals surface area (Å²) < 4.78 is 27.3.